The second-order valence-electron chi connectivity index (χ2n) is 3.55. The maximum absolute atomic E-state index is 11.8. The second kappa shape index (κ2) is 6.34. The average molecular weight is 257 g/mol. The predicted octanol–water partition coefficient (Wildman–Crippen LogP) is 1.94. The van der Waals surface area contributed by atoms with Gasteiger partial charge in [-0.1, -0.05) is 11.8 Å². The van der Waals surface area contributed by atoms with E-state index in [1.807, 2.05) is 6.26 Å². The van der Waals surface area contributed by atoms with E-state index >= 15 is 0 Å². The van der Waals surface area contributed by atoms with Crippen molar-refractivity contribution >= 4 is 23.6 Å². The van der Waals surface area contributed by atoms with Crippen LogP contribution >= 0.6 is 11.8 Å². The first kappa shape index (κ1) is 13.6. The smallest absolute Gasteiger partial charge is 0.303 e. The number of hydrogen-bond acceptors (Lipinski definition) is 4. The monoisotopic (exact) mass is 257 g/mol. The van der Waals surface area contributed by atoms with E-state index in [4.69, 9.17) is 9.52 Å². The normalized spacial score (nSPS) is 10.2. The molecule has 0 aromatic carbocycles. The molecular weight excluding hydrogens is 242 g/mol. The molecule has 0 bridgehead atoms. The van der Waals surface area contributed by atoms with Crippen LogP contribution in [0.2, 0.25) is 0 Å². The van der Waals surface area contributed by atoms with Crippen LogP contribution in [0.25, 0.3) is 0 Å². The van der Waals surface area contributed by atoms with Gasteiger partial charge in [-0.3, -0.25) is 9.59 Å². The summed E-state index contributed by atoms with van der Waals surface area (Å²) in [7, 11) is 1.63. The molecule has 1 rings (SSSR count). The average Bonchev–Trinajstić information content (AvgIpc) is 2.75. The number of amides is 1. The van der Waals surface area contributed by atoms with Gasteiger partial charge < -0.3 is 14.4 Å². The standard InChI is InChI=1S/C11H15NO4S/c1-12(7-3-4-9(13)14)11(15)8-5-6-10(16-8)17-2/h5-6H,3-4,7H2,1-2H3,(H,13,14). The molecule has 94 valence electrons. The van der Waals surface area contributed by atoms with Crippen molar-refractivity contribution in [1.82, 2.24) is 4.90 Å². The lowest BCUT2D eigenvalue weighted by molar-refractivity contribution is -0.137. The largest absolute Gasteiger partial charge is 0.481 e. The number of nitrogens with zero attached hydrogens (tertiary/aromatic N) is 1. The van der Waals surface area contributed by atoms with Crippen LogP contribution in [0.15, 0.2) is 21.6 Å². The number of carbonyl (C=O) groups excluding carboxylic acids is 1. The van der Waals surface area contributed by atoms with E-state index < -0.39 is 5.97 Å². The minimum Gasteiger partial charge on any atom is -0.481 e. The number of furan rings is 1. The van der Waals surface area contributed by atoms with E-state index in [0.29, 0.717) is 18.1 Å². The van der Waals surface area contributed by atoms with Gasteiger partial charge in [-0.25, -0.2) is 0 Å². The Morgan fingerprint density at radius 3 is 2.71 bits per heavy atom. The summed E-state index contributed by atoms with van der Waals surface area (Å²) in [5.41, 5.74) is 0. The molecule has 0 aliphatic heterocycles. The number of thioether (sulfide) groups is 1. The molecule has 0 unspecified atom stereocenters. The van der Waals surface area contributed by atoms with Gasteiger partial charge in [0, 0.05) is 20.0 Å². The maximum Gasteiger partial charge on any atom is 0.303 e. The summed E-state index contributed by atoms with van der Waals surface area (Å²) < 4.78 is 5.30. The van der Waals surface area contributed by atoms with Gasteiger partial charge in [0.25, 0.3) is 5.91 Å². The maximum atomic E-state index is 11.8. The molecule has 1 aromatic heterocycles. The van der Waals surface area contributed by atoms with Gasteiger partial charge >= 0.3 is 5.97 Å². The minimum atomic E-state index is -0.853. The number of carbonyl (C=O) groups is 2. The van der Waals surface area contributed by atoms with E-state index in [0.717, 1.165) is 0 Å². The highest BCUT2D eigenvalue weighted by Crippen LogP contribution is 2.18. The summed E-state index contributed by atoms with van der Waals surface area (Å²) in [6, 6.07) is 3.37. The molecule has 1 heterocycles. The molecule has 0 fully saturated rings. The third-order valence-corrected chi connectivity index (χ3v) is 2.85. The van der Waals surface area contributed by atoms with Crippen LogP contribution in [0.1, 0.15) is 23.4 Å². The van der Waals surface area contributed by atoms with Crippen molar-refractivity contribution in [1.29, 1.82) is 0 Å². The summed E-state index contributed by atoms with van der Waals surface area (Å²) >= 11 is 1.43. The summed E-state index contributed by atoms with van der Waals surface area (Å²) in [6.07, 6.45) is 2.36. The third kappa shape index (κ3) is 4.14. The molecule has 0 spiro atoms. The fraction of sp³-hybridized carbons (Fsp3) is 0.455. The van der Waals surface area contributed by atoms with Crippen molar-refractivity contribution in [3.63, 3.8) is 0 Å². The van der Waals surface area contributed by atoms with Crippen LogP contribution in [0, 0.1) is 0 Å². The summed E-state index contributed by atoms with van der Waals surface area (Å²) in [6.45, 7) is 0.403. The lowest BCUT2D eigenvalue weighted by Crippen LogP contribution is -2.27. The molecule has 5 nitrogen and oxygen atoms in total. The van der Waals surface area contributed by atoms with Crippen molar-refractivity contribution < 1.29 is 19.1 Å². The molecule has 1 amide bonds. The van der Waals surface area contributed by atoms with Gasteiger partial charge in [0.2, 0.25) is 0 Å². The number of hydrogen-bond donors (Lipinski definition) is 1. The van der Waals surface area contributed by atoms with Crippen LogP contribution in [0.4, 0.5) is 0 Å². The van der Waals surface area contributed by atoms with Gasteiger partial charge in [-0.15, -0.1) is 0 Å². The molecule has 1 aromatic rings. The van der Waals surface area contributed by atoms with E-state index in [9.17, 15) is 9.59 Å². The Labute approximate surface area is 104 Å². The van der Waals surface area contributed by atoms with Crippen molar-refractivity contribution in [2.75, 3.05) is 19.8 Å². The first-order chi connectivity index (χ1) is 8.04. The lowest BCUT2D eigenvalue weighted by atomic mass is 10.3. The fourth-order valence-corrected chi connectivity index (χ4v) is 1.68. The van der Waals surface area contributed by atoms with Crippen LogP contribution in [-0.4, -0.2) is 41.7 Å². The number of aliphatic carboxylic acids is 1. The molecule has 0 aliphatic rings. The van der Waals surface area contributed by atoms with Gasteiger partial charge in [0.05, 0.1) is 0 Å². The molecule has 0 radical (unpaired) electrons. The third-order valence-electron chi connectivity index (χ3n) is 2.22. The molecule has 6 heteroatoms. The highest BCUT2D eigenvalue weighted by atomic mass is 32.2. The summed E-state index contributed by atoms with van der Waals surface area (Å²) in [5.74, 6) is -0.795. The van der Waals surface area contributed by atoms with Crippen molar-refractivity contribution in [3.05, 3.63) is 17.9 Å². The molecule has 0 aliphatic carbocycles. The Kier molecular flexibility index (Phi) is 5.09. The molecule has 1 N–H and O–H groups in total. The predicted molar refractivity (Wildman–Crippen MR) is 64.3 cm³/mol. The molecule has 0 saturated heterocycles. The van der Waals surface area contributed by atoms with Crippen molar-refractivity contribution in [3.8, 4) is 0 Å². The zero-order chi connectivity index (χ0) is 12.8. The topological polar surface area (TPSA) is 70.8 Å². The first-order valence-corrected chi connectivity index (χ1v) is 6.38. The van der Waals surface area contributed by atoms with E-state index in [1.165, 1.54) is 16.7 Å². The van der Waals surface area contributed by atoms with Crippen LogP contribution in [0.5, 0.6) is 0 Å². The molecule has 17 heavy (non-hydrogen) atoms. The second-order valence-corrected chi connectivity index (χ2v) is 4.36. The number of rotatable bonds is 6. The SMILES string of the molecule is CSc1ccc(C(=O)N(C)CCCC(=O)O)o1. The Balaban J connectivity index is 2.48. The Morgan fingerprint density at radius 1 is 1.47 bits per heavy atom. The Morgan fingerprint density at radius 2 is 2.18 bits per heavy atom. The van der Waals surface area contributed by atoms with E-state index in [2.05, 4.69) is 0 Å². The molecule has 0 atom stereocenters. The fourth-order valence-electron chi connectivity index (χ4n) is 1.30. The van der Waals surface area contributed by atoms with Gasteiger partial charge in [-0.05, 0) is 24.8 Å². The van der Waals surface area contributed by atoms with Crippen molar-refractivity contribution in [2.24, 2.45) is 0 Å². The number of carboxylic acid groups (broad SMARTS) is 1. The minimum absolute atomic E-state index is 0.0613. The highest BCUT2D eigenvalue weighted by molar-refractivity contribution is 7.98. The highest BCUT2D eigenvalue weighted by Gasteiger charge is 2.15. The van der Waals surface area contributed by atoms with Gasteiger partial charge in [-0.2, -0.15) is 0 Å². The first-order valence-electron chi connectivity index (χ1n) is 5.15. The van der Waals surface area contributed by atoms with Gasteiger partial charge in [0.1, 0.15) is 0 Å². The van der Waals surface area contributed by atoms with Crippen LogP contribution < -0.4 is 0 Å². The van der Waals surface area contributed by atoms with Crippen molar-refractivity contribution in [2.45, 2.75) is 17.9 Å². The summed E-state index contributed by atoms with van der Waals surface area (Å²) in [4.78, 5) is 23.6. The van der Waals surface area contributed by atoms with E-state index in [1.54, 1.807) is 19.2 Å². The quantitative estimate of drug-likeness (QED) is 0.788. The summed E-state index contributed by atoms with van der Waals surface area (Å²) in [5, 5.41) is 9.18. The zero-order valence-corrected chi connectivity index (χ0v) is 10.6. The van der Waals surface area contributed by atoms with Crippen LogP contribution in [0.3, 0.4) is 0 Å². The zero-order valence-electron chi connectivity index (χ0n) is 9.80. The number of carboxylic acids is 1. The molecule has 0 saturated carbocycles. The van der Waals surface area contributed by atoms with Crippen LogP contribution in [-0.2, 0) is 4.79 Å². The van der Waals surface area contributed by atoms with E-state index in [-0.39, 0.29) is 18.1 Å². The lowest BCUT2D eigenvalue weighted by Gasteiger charge is -2.14. The van der Waals surface area contributed by atoms with Gasteiger partial charge in [0.15, 0.2) is 10.9 Å². The molecular formula is C11H15NO4S. The Bertz CT molecular complexity index is 402. The Hall–Kier alpha value is -1.43.